The third-order valence-corrected chi connectivity index (χ3v) is 5.35. The summed E-state index contributed by atoms with van der Waals surface area (Å²) in [6.07, 6.45) is 2.91. The second kappa shape index (κ2) is 4.93. The Morgan fingerprint density at radius 2 is 1.96 bits per heavy atom. The molecule has 3 heterocycles. The first-order valence-electron chi connectivity index (χ1n) is 7.88. The zero-order valence-corrected chi connectivity index (χ0v) is 13.2. The largest absolute Gasteiger partial charge is 0.498 e. The fraction of sp³-hybridized carbons (Fsp3) is 0.444. The third-order valence-electron chi connectivity index (χ3n) is 5.35. The minimum Gasteiger partial charge on any atom is -0.498 e. The van der Waals surface area contributed by atoms with Crippen LogP contribution in [-0.2, 0) is 25.5 Å². The van der Waals surface area contributed by atoms with Gasteiger partial charge in [0.15, 0.2) is 0 Å². The molecule has 23 heavy (non-hydrogen) atoms. The molecule has 2 amide bonds. The van der Waals surface area contributed by atoms with Gasteiger partial charge >= 0.3 is 0 Å². The third kappa shape index (κ3) is 1.83. The maximum atomic E-state index is 12.6. The number of imide groups is 1. The van der Waals surface area contributed by atoms with E-state index in [1.54, 1.807) is 14.2 Å². The molecule has 4 atom stereocenters. The normalized spacial score (nSPS) is 34.8. The van der Waals surface area contributed by atoms with Gasteiger partial charge in [0, 0.05) is 7.05 Å². The molecule has 0 saturated carbocycles. The van der Waals surface area contributed by atoms with Gasteiger partial charge in [0.25, 0.3) is 0 Å². The van der Waals surface area contributed by atoms with Crippen LogP contribution >= 0.6 is 0 Å². The molecule has 0 radical (unpaired) electrons. The van der Waals surface area contributed by atoms with Gasteiger partial charge in [-0.05, 0) is 24.5 Å². The summed E-state index contributed by atoms with van der Waals surface area (Å²) in [4.78, 5) is 26.2. The number of ether oxygens (including phenoxy) is 2. The van der Waals surface area contributed by atoms with Gasteiger partial charge in [-0.2, -0.15) is 0 Å². The Bertz CT molecular complexity index is 698. The van der Waals surface area contributed by atoms with Gasteiger partial charge < -0.3 is 9.47 Å². The van der Waals surface area contributed by atoms with E-state index < -0.39 is 17.4 Å². The number of amides is 2. The van der Waals surface area contributed by atoms with Crippen molar-refractivity contribution in [2.45, 2.75) is 24.5 Å². The Kier molecular flexibility index (Phi) is 3.10. The number of fused-ring (bicyclic) bond motifs is 5. The van der Waals surface area contributed by atoms with Gasteiger partial charge in [0.05, 0.1) is 25.0 Å². The molecule has 1 aromatic carbocycles. The van der Waals surface area contributed by atoms with Crippen LogP contribution in [0.15, 0.2) is 42.2 Å². The Labute approximate surface area is 134 Å². The first-order valence-corrected chi connectivity index (χ1v) is 7.88. The fourth-order valence-electron chi connectivity index (χ4n) is 4.24. The molecule has 2 bridgehead atoms. The second-order valence-electron chi connectivity index (χ2n) is 6.43. The average Bonchev–Trinajstić information content (AvgIpc) is 3.18. The van der Waals surface area contributed by atoms with E-state index in [9.17, 15) is 9.59 Å². The number of hydrogen-bond donors (Lipinski definition) is 0. The molecule has 2 fully saturated rings. The van der Waals surface area contributed by atoms with Crippen LogP contribution in [0.2, 0.25) is 0 Å². The summed E-state index contributed by atoms with van der Waals surface area (Å²) >= 11 is 0. The number of carbonyl (C=O) groups is 2. The van der Waals surface area contributed by atoms with E-state index in [0.29, 0.717) is 12.2 Å². The van der Waals surface area contributed by atoms with Gasteiger partial charge in [-0.1, -0.05) is 30.3 Å². The minimum absolute atomic E-state index is 0.141. The van der Waals surface area contributed by atoms with Crippen molar-refractivity contribution in [3.63, 3.8) is 0 Å². The van der Waals surface area contributed by atoms with E-state index in [2.05, 4.69) is 12.1 Å². The molecule has 5 nitrogen and oxygen atoms in total. The molecule has 2 saturated heterocycles. The fourth-order valence-corrected chi connectivity index (χ4v) is 4.24. The Hall–Kier alpha value is -2.14. The number of hydrogen-bond acceptors (Lipinski definition) is 4. The maximum absolute atomic E-state index is 12.6. The second-order valence-corrected chi connectivity index (χ2v) is 6.43. The van der Waals surface area contributed by atoms with Crippen LogP contribution in [0.4, 0.5) is 0 Å². The quantitative estimate of drug-likeness (QED) is 0.791. The molecule has 1 aromatic rings. The monoisotopic (exact) mass is 313 g/mol. The summed E-state index contributed by atoms with van der Waals surface area (Å²) in [6, 6.07) is 10.1. The van der Waals surface area contributed by atoms with Crippen molar-refractivity contribution in [2.24, 2.45) is 11.8 Å². The van der Waals surface area contributed by atoms with E-state index >= 15 is 0 Å². The molecule has 4 rings (SSSR count). The molecule has 0 aromatic heterocycles. The molecule has 0 aliphatic carbocycles. The highest BCUT2D eigenvalue weighted by Gasteiger charge is 2.70. The number of aryl methyl sites for hydroxylation is 1. The first-order chi connectivity index (χ1) is 11.1. The topological polar surface area (TPSA) is 55.8 Å². The molecular weight excluding hydrogens is 294 g/mol. The summed E-state index contributed by atoms with van der Waals surface area (Å²) < 4.78 is 11.7. The zero-order valence-electron chi connectivity index (χ0n) is 13.2. The summed E-state index contributed by atoms with van der Waals surface area (Å²) in [5, 5.41) is 0. The summed E-state index contributed by atoms with van der Waals surface area (Å²) in [5.74, 6) is -0.469. The Morgan fingerprint density at radius 3 is 2.65 bits per heavy atom. The molecule has 1 unspecified atom stereocenters. The predicted octanol–water partition coefficient (Wildman–Crippen LogP) is 1.53. The summed E-state index contributed by atoms with van der Waals surface area (Å²) in [6.45, 7) is 0. The Balaban J connectivity index is 1.68. The SMILES string of the molecule is COC1=CC2O[C@]1(CCc1ccccc1)[C@H]1C(=O)N(C)C(=O)[C@@H]21. The summed E-state index contributed by atoms with van der Waals surface area (Å²) in [7, 11) is 3.15. The van der Waals surface area contributed by atoms with E-state index in [-0.39, 0.29) is 17.9 Å². The maximum Gasteiger partial charge on any atom is 0.236 e. The van der Waals surface area contributed by atoms with Crippen LogP contribution in [0.25, 0.3) is 0 Å². The molecule has 3 aliphatic rings. The minimum atomic E-state index is -0.808. The first kappa shape index (κ1) is 14.5. The number of nitrogens with zero attached hydrogens (tertiary/aromatic N) is 1. The highest BCUT2D eigenvalue weighted by Crippen LogP contribution is 2.56. The number of carbonyl (C=O) groups excluding carboxylic acids is 2. The number of benzene rings is 1. The molecule has 120 valence electrons. The van der Waals surface area contributed by atoms with Crippen LogP contribution in [-0.4, -0.2) is 42.6 Å². The molecule has 0 N–H and O–H groups in total. The van der Waals surface area contributed by atoms with Crippen molar-refractivity contribution >= 4 is 11.8 Å². The lowest BCUT2D eigenvalue weighted by Gasteiger charge is -2.32. The van der Waals surface area contributed by atoms with Crippen molar-refractivity contribution in [2.75, 3.05) is 14.2 Å². The van der Waals surface area contributed by atoms with Gasteiger partial charge in [-0.3, -0.25) is 14.5 Å². The van der Waals surface area contributed by atoms with Crippen molar-refractivity contribution in [1.82, 2.24) is 4.90 Å². The van der Waals surface area contributed by atoms with Gasteiger partial charge in [-0.15, -0.1) is 0 Å². The number of rotatable bonds is 4. The van der Waals surface area contributed by atoms with Gasteiger partial charge in [-0.25, -0.2) is 0 Å². The van der Waals surface area contributed by atoms with E-state index in [1.807, 2.05) is 24.3 Å². The van der Waals surface area contributed by atoms with Crippen molar-refractivity contribution < 1.29 is 19.1 Å². The lowest BCUT2D eigenvalue weighted by Crippen LogP contribution is -2.43. The van der Waals surface area contributed by atoms with Crippen molar-refractivity contribution in [1.29, 1.82) is 0 Å². The van der Waals surface area contributed by atoms with Crippen LogP contribution < -0.4 is 0 Å². The van der Waals surface area contributed by atoms with Crippen LogP contribution in [0.5, 0.6) is 0 Å². The van der Waals surface area contributed by atoms with Crippen molar-refractivity contribution in [3.8, 4) is 0 Å². The standard InChI is InChI=1S/C18H19NO4/c1-19-16(20)14-12-10-13(22-2)18(23-12,15(14)17(19)21)9-8-11-6-4-3-5-7-11/h3-7,10,12,14-15H,8-9H2,1-2H3/t12?,14-,15+,18-/m0/s1. The lowest BCUT2D eigenvalue weighted by atomic mass is 9.73. The number of likely N-dealkylation sites (tertiary alicyclic amines) is 1. The Morgan fingerprint density at radius 1 is 1.22 bits per heavy atom. The lowest BCUT2D eigenvalue weighted by molar-refractivity contribution is -0.143. The van der Waals surface area contributed by atoms with E-state index in [1.165, 1.54) is 10.5 Å². The van der Waals surface area contributed by atoms with Crippen LogP contribution in [0, 0.1) is 11.8 Å². The van der Waals surface area contributed by atoms with Crippen LogP contribution in [0.1, 0.15) is 12.0 Å². The molecule has 0 spiro atoms. The van der Waals surface area contributed by atoms with Crippen molar-refractivity contribution in [3.05, 3.63) is 47.7 Å². The highest BCUT2D eigenvalue weighted by molar-refractivity contribution is 6.07. The van der Waals surface area contributed by atoms with Crippen LogP contribution in [0.3, 0.4) is 0 Å². The zero-order chi connectivity index (χ0) is 16.2. The molecule has 5 heteroatoms. The van der Waals surface area contributed by atoms with E-state index in [4.69, 9.17) is 9.47 Å². The molecule has 3 aliphatic heterocycles. The highest BCUT2D eigenvalue weighted by atomic mass is 16.6. The number of methoxy groups -OCH3 is 1. The summed E-state index contributed by atoms with van der Waals surface area (Å²) in [5.41, 5.74) is 0.371. The smallest absolute Gasteiger partial charge is 0.236 e. The average molecular weight is 313 g/mol. The van der Waals surface area contributed by atoms with Gasteiger partial charge in [0.2, 0.25) is 11.8 Å². The molecular formula is C18H19NO4. The predicted molar refractivity (Wildman–Crippen MR) is 82.2 cm³/mol. The van der Waals surface area contributed by atoms with Gasteiger partial charge in [0.1, 0.15) is 11.4 Å². The van der Waals surface area contributed by atoms with E-state index in [0.717, 1.165) is 6.42 Å².